The molecule has 152 valence electrons. The first-order chi connectivity index (χ1) is 14.8. The van der Waals surface area contributed by atoms with E-state index in [4.69, 9.17) is 9.72 Å². The lowest BCUT2D eigenvalue weighted by atomic mass is 10.0. The van der Waals surface area contributed by atoms with E-state index in [-0.39, 0.29) is 5.82 Å². The van der Waals surface area contributed by atoms with E-state index in [1.165, 1.54) is 12.1 Å². The number of ether oxygens (including phenoxy) is 1. The Hall–Kier alpha value is -3.09. The van der Waals surface area contributed by atoms with Crippen molar-refractivity contribution in [3.05, 3.63) is 72.9 Å². The molecule has 0 amide bonds. The van der Waals surface area contributed by atoms with Crippen molar-refractivity contribution in [3.8, 4) is 22.4 Å². The number of halogens is 1. The molecule has 1 fully saturated rings. The molecule has 0 N–H and O–H groups in total. The van der Waals surface area contributed by atoms with Gasteiger partial charge in [-0.05, 0) is 42.0 Å². The van der Waals surface area contributed by atoms with Crippen molar-refractivity contribution in [3.63, 3.8) is 0 Å². The number of pyridine rings is 2. The zero-order valence-corrected chi connectivity index (χ0v) is 16.7. The van der Waals surface area contributed by atoms with Gasteiger partial charge in [0.15, 0.2) is 0 Å². The Balaban J connectivity index is 1.68. The van der Waals surface area contributed by atoms with Gasteiger partial charge in [0.25, 0.3) is 0 Å². The van der Waals surface area contributed by atoms with Gasteiger partial charge in [-0.2, -0.15) is 0 Å². The Bertz CT molecular complexity index is 1140. The van der Waals surface area contributed by atoms with Crippen LogP contribution in [0.3, 0.4) is 0 Å². The Kier molecular flexibility index (Phi) is 5.26. The first-order valence-corrected chi connectivity index (χ1v) is 10.2. The number of aromatic nitrogens is 3. The maximum Gasteiger partial charge on any atom is 0.123 e. The smallest absolute Gasteiger partial charge is 0.123 e. The summed E-state index contributed by atoms with van der Waals surface area (Å²) in [4.78, 5) is 11.3. The summed E-state index contributed by atoms with van der Waals surface area (Å²) in [6, 6.07) is 14.8. The lowest BCUT2D eigenvalue weighted by Gasteiger charge is -2.27. The summed E-state index contributed by atoms with van der Waals surface area (Å²) in [5, 5.41) is 0. The van der Waals surface area contributed by atoms with Gasteiger partial charge in [0.05, 0.1) is 29.9 Å². The van der Waals surface area contributed by atoms with Crippen LogP contribution in [-0.4, -0.2) is 52.3 Å². The molecule has 0 spiro atoms. The highest BCUT2D eigenvalue weighted by atomic mass is 19.1. The first kappa shape index (κ1) is 18.9. The molecule has 0 saturated carbocycles. The van der Waals surface area contributed by atoms with E-state index in [1.807, 2.05) is 36.5 Å². The number of fused-ring (bicyclic) bond motifs is 1. The van der Waals surface area contributed by atoms with Gasteiger partial charge in [0.2, 0.25) is 0 Å². The molecule has 1 saturated heterocycles. The van der Waals surface area contributed by atoms with Crippen LogP contribution < -0.4 is 0 Å². The summed E-state index contributed by atoms with van der Waals surface area (Å²) >= 11 is 0. The van der Waals surface area contributed by atoms with Crippen molar-refractivity contribution >= 4 is 11.0 Å². The fraction of sp³-hybridized carbons (Fsp3) is 0.250. The summed E-state index contributed by atoms with van der Waals surface area (Å²) in [6.45, 7) is 5.24. The molecule has 5 rings (SSSR count). The second kappa shape index (κ2) is 8.34. The molecule has 3 aromatic heterocycles. The highest BCUT2D eigenvalue weighted by Crippen LogP contribution is 2.39. The van der Waals surface area contributed by atoms with Crippen molar-refractivity contribution in [2.75, 3.05) is 32.8 Å². The lowest BCUT2D eigenvalue weighted by molar-refractivity contribution is 0.0366. The Morgan fingerprint density at radius 2 is 1.63 bits per heavy atom. The molecule has 4 heterocycles. The van der Waals surface area contributed by atoms with Crippen LogP contribution in [0.1, 0.15) is 0 Å². The zero-order chi connectivity index (χ0) is 20.3. The van der Waals surface area contributed by atoms with Gasteiger partial charge in [-0.3, -0.25) is 14.9 Å². The van der Waals surface area contributed by atoms with E-state index in [2.05, 4.69) is 20.5 Å². The summed E-state index contributed by atoms with van der Waals surface area (Å²) in [7, 11) is 0. The van der Waals surface area contributed by atoms with Crippen LogP contribution in [-0.2, 0) is 11.3 Å². The minimum absolute atomic E-state index is 0.242. The maximum absolute atomic E-state index is 13.6. The summed E-state index contributed by atoms with van der Waals surface area (Å²) in [5.41, 5.74) is 6.15. The standard InChI is InChI=1S/C24H23FN4O/c25-20-5-3-18(4-6-20)22-23-21(2-1-9-27-23)29(13-12-28-14-16-30-17-15-28)24(22)19-7-10-26-11-8-19/h1-11H,12-17H2. The summed E-state index contributed by atoms with van der Waals surface area (Å²) < 4.78 is 21.5. The third-order valence-corrected chi connectivity index (χ3v) is 5.65. The molecule has 0 bridgehead atoms. The van der Waals surface area contributed by atoms with Crippen LogP contribution in [0.25, 0.3) is 33.4 Å². The van der Waals surface area contributed by atoms with Crippen molar-refractivity contribution in [2.24, 2.45) is 0 Å². The van der Waals surface area contributed by atoms with Crippen LogP contribution in [0.15, 0.2) is 67.1 Å². The van der Waals surface area contributed by atoms with Gasteiger partial charge in [-0.1, -0.05) is 12.1 Å². The molecule has 0 aliphatic carbocycles. The highest BCUT2D eigenvalue weighted by molar-refractivity contribution is 6.02. The number of morpholine rings is 1. The van der Waals surface area contributed by atoms with Crippen molar-refractivity contribution in [1.29, 1.82) is 0 Å². The quantitative estimate of drug-likeness (QED) is 0.501. The molecule has 5 nitrogen and oxygen atoms in total. The Labute approximate surface area is 174 Å². The number of nitrogens with zero attached hydrogens (tertiary/aromatic N) is 4. The number of benzene rings is 1. The van der Waals surface area contributed by atoms with Gasteiger partial charge in [0.1, 0.15) is 5.82 Å². The molecular weight excluding hydrogens is 379 g/mol. The van der Waals surface area contributed by atoms with E-state index in [0.717, 1.165) is 72.8 Å². The number of hydrogen-bond acceptors (Lipinski definition) is 4. The fourth-order valence-electron chi connectivity index (χ4n) is 4.17. The molecule has 0 unspecified atom stereocenters. The lowest BCUT2D eigenvalue weighted by Crippen LogP contribution is -2.38. The normalized spacial score (nSPS) is 15.0. The average Bonchev–Trinajstić information content (AvgIpc) is 3.14. The third-order valence-electron chi connectivity index (χ3n) is 5.65. The molecule has 1 aromatic carbocycles. The zero-order valence-electron chi connectivity index (χ0n) is 16.7. The first-order valence-electron chi connectivity index (χ1n) is 10.2. The highest BCUT2D eigenvalue weighted by Gasteiger charge is 2.21. The molecule has 30 heavy (non-hydrogen) atoms. The van der Waals surface area contributed by atoms with Crippen molar-refractivity contribution < 1.29 is 9.13 Å². The maximum atomic E-state index is 13.6. The third kappa shape index (κ3) is 3.60. The van der Waals surface area contributed by atoms with Crippen LogP contribution in [0.5, 0.6) is 0 Å². The molecule has 1 aliphatic rings. The molecule has 4 aromatic rings. The van der Waals surface area contributed by atoms with E-state index >= 15 is 0 Å². The fourth-order valence-corrected chi connectivity index (χ4v) is 4.17. The van der Waals surface area contributed by atoms with Gasteiger partial charge in [-0.25, -0.2) is 4.39 Å². The number of hydrogen-bond donors (Lipinski definition) is 0. The molecular formula is C24H23FN4O. The van der Waals surface area contributed by atoms with Gasteiger partial charge < -0.3 is 9.30 Å². The Morgan fingerprint density at radius 1 is 0.867 bits per heavy atom. The van der Waals surface area contributed by atoms with Gasteiger partial charge in [-0.15, -0.1) is 0 Å². The molecule has 0 radical (unpaired) electrons. The second-order valence-electron chi connectivity index (χ2n) is 7.44. The predicted octanol–water partition coefficient (Wildman–Crippen LogP) is 4.24. The molecule has 0 atom stereocenters. The Morgan fingerprint density at radius 3 is 2.40 bits per heavy atom. The number of rotatable bonds is 5. The van der Waals surface area contributed by atoms with E-state index in [9.17, 15) is 4.39 Å². The predicted molar refractivity (Wildman–Crippen MR) is 116 cm³/mol. The monoisotopic (exact) mass is 402 g/mol. The van der Waals surface area contributed by atoms with E-state index in [1.54, 1.807) is 12.4 Å². The summed E-state index contributed by atoms with van der Waals surface area (Å²) in [6.07, 6.45) is 5.43. The minimum atomic E-state index is -0.242. The largest absolute Gasteiger partial charge is 0.379 e. The van der Waals surface area contributed by atoms with Crippen LogP contribution >= 0.6 is 0 Å². The van der Waals surface area contributed by atoms with Crippen LogP contribution in [0, 0.1) is 5.82 Å². The average molecular weight is 402 g/mol. The topological polar surface area (TPSA) is 43.2 Å². The summed E-state index contributed by atoms with van der Waals surface area (Å²) in [5.74, 6) is -0.242. The van der Waals surface area contributed by atoms with Gasteiger partial charge >= 0.3 is 0 Å². The molecule has 1 aliphatic heterocycles. The van der Waals surface area contributed by atoms with Crippen LogP contribution in [0.4, 0.5) is 4.39 Å². The van der Waals surface area contributed by atoms with E-state index in [0.29, 0.717) is 0 Å². The van der Waals surface area contributed by atoms with Crippen LogP contribution in [0.2, 0.25) is 0 Å². The van der Waals surface area contributed by atoms with Gasteiger partial charge in [0, 0.05) is 55.9 Å². The SMILES string of the molecule is Fc1ccc(-c2c(-c3ccncc3)n(CCN3CCOCC3)c3cccnc23)cc1. The second-order valence-corrected chi connectivity index (χ2v) is 7.44. The minimum Gasteiger partial charge on any atom is -0.379 e. The van der Waals surface area contributed by atoms with E-state index < -0.39 is 0 Å². The van der Waals surface area contributed by atoms with Crippen molar-refractivity contribution in [1.82, 2.24) is 19.4 Å². The molecule has 6 heteroatoms. The van der Waals surface area contributed by atoms with Crippen molar-refractivity contribution in [2.45, 2.75) is 6.54 Å².